The van der Waals surface area contributed by atoms with Crippen LogP contribution < -0.4 is 23.7 Å². The van der Waals surface area contributed by atoms with E-state index in [-0.39, 0.29) is 17.2 Å². The first-order chi connectivity index (χ1) is 16.7. The van der Waals surface area contributed by atoms with Gasteiger partial charge in [-0.15, -0.1) is 0 Å². The Morgan fingerprint density at radius 3 is 1.91 bits per heavy atom. The fourth-order valence-corrected chi connectivity index (χ4v) is 3.91. The summed E-state index contributed by atoms with van der Waals surface area (Å²) in [6.07, 6.45) is -0.859. The smallest absolute Gasteiger partial charge is 0.416 e. The number of phenols is 1. The standard InChI is InChI=1S/C25H24F3NO5S/c1-31-20-11-15(8-9-16-12-21(32-2)24(34-4)22(13-16)33-3)10-19(23(20)30)29-35-18-7-5-6-17(14-18)25(26,27)28/h5-14,29-30H,1-4H3/b9-8-. The lowest BCUT2D eigenvalue weighted by molar-refractivity contribution is -0.137. The minimum Gasteiger partial charge on any atom is -0.503 e. The van der Waals surface area contributed by atoms with Gasteiger partial charge in [0, 0.05) is 4.90 Å². The number of alkyl halides is 3. The largest absolute Gasteiger partial charge is 0.503 e. The molecule has 2 N–H and O–H groups in total. The fraction of sp³-hybridized carbons (Fsp3) is 0.200. The predicted molar refractivity (Wildman–Crippen MR) is 131 cm³/mol. The molecule has 0 radical (unpaired) electrons. The van der Waals surface area contributed by atoms with Crippen LogP contribution in [0, 0.1) is 0 Å². The van der Waals surface area contributed by atoms with Crippen LogP contribution in [0.1, 0.15) is 16.7 Å². The Morgan fingerprint density at radius 2 is 1.37 bits per heavy atom. The second-order valence-corrected chi connectivity index (χ2v) is 8.02. The second-order valence-electron chi connectivity index (χ2n) is 7.14. The lowest BCUT2D eigenvalue weighted by atomic mass is 10.1. The Morgan fingerprint density at radius 1 is 0.800 bits per heavy atom. The molecule has 3 aromatic carbocycles. The van der Waals surface area contributed by atoms with E-state index in [0.29, 0.717) is 27.7 Å². The molecule has 0 spiro atoms. The van der Waals surface area contributed by atoms with Crippen LogP contribution in [0.4, 0.5) is 18.9 Å². The molecular weight excluding hydrogens is 483 g/mol. The van der Waals surface area contributed by atoms with E-state index < -0.39 is 11.7 Å². The maximum atomic E-state index is 13.0. The van der Waals surface area contributed by atoms with E-state index in [1.165, 1.54) is 40.6 Å². The number of aromatic hydroxyl groups is 1. The summed E-state index contributed by atoms with van der Waals surface area (Å²) in [4.78, 5) is 0.330. The van der Waals surface area contributed by atoms with Crippen molar-refractivity contribution in [1.82, 2.24) is 0 Å². The van der Waals surface area contributed by atoms with E-state index in [1.807, 2.05) is 0 Å². The number of ether oxygens (including phenoxy) is 4. The van der Waals surface area contributed by atoms with Gasteiger partial charge in [-0.05, 0) is 65.5 Å². The molecule has 6 nitrogen and oxygen atoms in total. The summed E-state index contributed by atoms with van der Waals surface area (Å²) in [7, 11) is 5.97. The van der Waals surface area contributed by atoms with Crippen LogP contribution in [0.5, 0.6) is 28.7 Å². The maximum absolute atomic E-state index is 13.0. The molecule has 0 aliphatic heterocycles. The molecule has 3 aromatic rings. The first kappa shape index (κ1) is 26.0. The van der Waals surface area contributed by atoms with Gasteiger partial charge in [-0.2, -0.15) is 13.2 Å². The molecule has 186 valence electrons. The second kappa shape index (κ2) is 11.2. The predicted octanol–water partition coefficient (Wildman–Crippen LogP) is 6.74. The van der Waals surface area contributed by atoms with Gasteiger partial charge < -0.3 is 28.8 Å². The molecule has 0 atom stereocenters. The highest BCUT2D eigenvalue weighted by atomic mass is 32.2. The number of anilines is 1. The molecule has 0 aromatic heterocycles. The Labute approximate surface area is 205 Å². The van der Waals surface area contributed by atoms with Crippen LogP contribution in [0.3, 0.4) is 0 Å². The van der Waals surface area contributed by atoms with E-state index in [2.05, 4.69) is 4.72 Å². The highest BCUT2D eigenvalue weighted by molar-refractivity contribution is 8.00. The van der Waals surface area contributed by atoms with Crippen molar-refractivity contribution in [3.63, 3.8) is 0 Å². The van der Waals surface area contributed by atoms with Crippen LogP contribution in [0.15, 0.2) is 53.4 Å². The monoisotopic (exact) mass is 507 g/mol. The Bertz CT molecular complexity index is 1190. The number of halogens is 3. The van der Waals surface area contributed by atoms with Crippen molar-refractivity contribution in [2.24, 2.45) is 0 Å². The van der Waals surface area contributed by atoms with E-state index in [4.69, 9.17) is 18.9 Å². The molecule has 3 rings (SSSR count). The summed E-state index contributed by atoms with van der Waals surface area (Å²) < 4.78 is 63.2. The molecule has 0 saturated carbocycles. The van der Waals surface area contributed by atoms with Crippen LogP contribution in [-0.2, 0) is 6.18 Å². The molecular formula is C25H24F3NO5S. The van der Waals surface area contributed by atoms with Crippen molar-refractivity contribution in [2.75, 3.05) is 33.2 Å². The summed E-state index contributed by atoms with van der Waals surface area (Å²) in [5.41, 5.74) is 0.948. The first-order valence-electron chi connectivity index (χ1n) is 10.2. The van der Waals surface area contributed by atoms with E-state index in [9.17, 15) is 18.3 Å². The number of benzene rings is 3. The third kappa shape index (κ3) is 6.27. The molecule has 35 heavy (non-hydrogen) atoms. The topological polar surface area (TPSA) is 69.2 Å². The van der Waals surface area contributed by atoms with E-state index in [1.54, 1.807) is 36.4 Å². The van der Waals surface area contributed by atoms with Crippen molar-refractivity contribution in [2.45, 2.75) is 11.1 Å². The molecule has 10 heteroatoms. The number of methoxy groups -OCH3 is 4. The van der Waals surface area contributed by atoms with Gasteiger partial charge in [0.1, 0.15) is 0 Å². The quantitative estimate of drug-likeness (QED) is 0.189. The van der Waals surface area contributed by atoms with E-state index in [0.717, 1.165) is 29.6 Å². The van der Waals surface area contributed by atoms with Gasteiger partial charge in [-0.1, -0.05) is 18.2 Å². The number of nitrogens with one attached hydrogen (secondary N) is 1. The first-order valence-corrected chi connectivity index (χ1v) is 11.0. The van der Waals surface area contributed by atoms with Crippen molar-refractivity contribution in [1.29, 1.82) is 0 Å². The number of hydrogen-bond acceptors (Lipinski definition) is 7. The zero-order valence-corrected chi connectivity index (χ0v) is 20.2. The third-order valence-electron chi connectivity index (χ3n) is 4.91. The highest BCUT2D eigenvalue weighted by Crippen LogP contribution is 2.41. The molecule has 0 bridgehead atoms. The van der Waals surface area contributed by atoms with Crippen LogP contribution in [-0.4, -0.2) is 33.5 Å². The maximum Gasteiger partial charge on any atom is 0.416 e. The van der Waals surface area contributed by atoms with Crippen molar-refractivity contribution >= 4 is 29.8 Å². The third-order valence-corrected chi connectivity index (χ3v) is 5.72. The van der Waals surface area contributed by atoms with Crippen molar-refractivity contribution in [3.8, 4) is 28.7 Å². The van der Waals surface area contributed by atoms with Crippen LogP contribution >= 0.6 is 11.9 Å². The number of phenolic OH excluding ortho intramolecular Hbond substituents is 1. The van der Waals surface area contributed by atoms with Gasteiger partial charge >= 0.3 is 6.18 Å². The summed E-state index contributed by atoms with van der Waals surface area (Å²) in [6.45, 7) is 0. The van der Waals surface area contributed by atoms with Gasteiger partial charge in [0.15, 0.2) is 23.0 Å². The highest BCUT2D eigenvalue weighted by Gasteiger charge is 2.30. The van der Waals surface area contributed by atoms with Gasteiger partial charge in [0.05, 0.1) is 39.7 Å². The zero-order chi connectivity index (χ0) is 25.6. The van der Waals surface area contributed by atoms with Crippen molar-refractivity contribution in [3.05, 3.63) is 65.2 Å². The Hall–Kier alpha value is -3.66. The summed E-state index contributed by atoms with van der Waals surface area (Å²) in [5.74, 6) is 1.49. The summed E-state index contributed by atoms with van der Waals surface area (Å²) in [6, 6.07) is 11.7. The van der Waals surface area contributed by atoms with E-state index >= 15 is 0 Å². The fourth-order valence-electron chi connectivity index (χ4n) is 3.20. The lowest BCUT2D eigenvalue weighted by Gasteiger charge is -2.14. The molecule has 0 amide bonds. The molecule has 0 fully saturated rings. The summed E-state index contributed by atoms with van der Waals surface area (Å²) >= 11 is 0.938. The molecule has 0 aliphatic carbocycles. The molecule has 0 unspecified atom stereocenters. The minimum absolute atomic E-state index is 0.170. The SMILES string of the molecule is COc1cc(/C=C\c2cc(OC)c(OC)c(OC)c2)cc(NSc2cccc(C(F)(F)F)c2)c1O. The Kier molecular flexibility index (Phi) is 8.29. The minimum atomic E-state index is -4.44. The Balaban J connectivity index is 1.88. The molecule has 0 saturated heterocycles. The van der Waals surface area contributed by atoms with Crippen molar-refractivity contribution < 1.29 is 37.2 Å². The normalized spacial score (nSPS) is 11.4. The van der Waals surface area contributed by atoms with Crippen LogP contribution in [0.2, 0.25) is 0 Å². The summed E-state index contributed by atoms with van der Waals surface area (Å²) in [5, 5.41) is 10.5. The zero-order valence-electron chi connectivity index (χ0n) is 19.4. The van der Waals surface area contributed by atoms with Gasteiger partial charge in [-0.3, -0.25) is 0 Å². The van der Waals surface area contributed by atoms with Crippen LogP contribution in [0.25, 0.3) is 12.2 Å². The number of hydrogen-bond donors (Lipinski definition) is 2. The molecule has 0 heterocycles. The average Bonchev–Trinajstić information content (AvgIpc) is 2.86. The number of rotatable bonds is 9. The molecule has 0 aliphatic rings. The average molecular weight is 508 g/mol. The van der Waals surface area contributed by atoms with Gasteiger partial charge in [0.25, 0.3) is 0 Å². The lowest BCUT2D eigenvalue weighted by Crippen LogP contribution is -2.04. The van der Waals surface area contributed by atoms with Gasteiger partial charge in [-0.25, -0.2) is 0 Å². The van der Waals surface area contributed by atoms with Gasteiger partial charge in [0.2, 0.25) is 5.75 Å².